The lowest BCUT2D eigenvalue weighted by Crippen LogP contribution is -2.38. The first-order valence-electron chi connectivity index (χ1n) is 11.8. The van der Waals surface area contributed by atoms with E-state index in [4.69, 9.17) is 0 Å². The van der Waals surface area contributed by atoms with Crippen molar-refractivity contribution >= 4 is 23.2 Å². The molecule has 0 aliphatic heterocycles. The first kappa shape index (κ1) is 24.0. The summed E-state index contributed by atoms with van der Waals surface area (Å²) in [5.74, 6) is -0.453. The van der Waals surface area contributed by atoms with Gasteiger partial charge < -0.3 is 9.80 Å². The van der Waals surface area contributed by atoms with E-state index < -0.39 is 0 Å². The Morgan fingerprint density at radius 1 is 0.514 bits per heavy atom. The molecule has 0 aliphatic carbocycles. The molecule has 0 aromatic heterocycles. The smallest absolute Gasteiger partial charge is 0.236 e. The number of rotatable bonds is 8. The molecule has 0 N–H and O–H groups in total. The van der Waals surface area contributed by atoms with Gasteiger partial charge in [0.15, 0.2) is 0 Å². The average molecular weight is 463 g/mol. The Hall–Kier alpha value is -4.18. The Morgan fingerprint density at radius 2 is 0.857 bits per heavy atom. The van der Waals surface area contributed by atoms with E-state index in [0.29, 0.717) is 13.1 Å². The lowest BCUT2D eigenvalue weighted by molar-refractivity contribution is -0.126. The number of carbonyl (C=O) groups excluding carboxylic acids is 2. The van der Waals surface area contributed by atoms with Crippen LogP contribution in [-0.4, -0.2) is 11.8 Å². The van der Waals surface area contributed by atoms with Crippen LogP contribution < -0.4 is 9.80 Å². The van der Waals surface area contributed by atoms with Crippen LogP contribution in [0.2, 0.25) is 0 Å². The Morgan fingerprint density at radius 3 is 1.23 bits per heavy atom. The van der Waals surface area contributed by atoms with Crippen LogP contribution in [0.1, 0.15) is 28.7 Å². The maximum atomic E-state index is 13.6. The third kappa shape index (κ3) is 6.04. The molecule has 0 radical (unpaired) electrons. The normalized spacial score (nSPS) is 10.6. The molecule has 0 spiro atoms. The summed E-state index contributed by atoms with van der Waals surface area (Å²) in [5.41, 5.74) is 5.88. The molecule has 0 saturated carbocycles. The number of amides is 2. The van der Waals surface area contributed by atoms with E-state index >= 15 is 0 Å². The van der Waals surface area contributed by atoms with Crippen molar-refractivity contribution in [1.82, 2.24) is 0 Å². The molecule has 35 heavy (non-hydrogen) atoms. The van der Waals surface area contributed by atoms with Crippen molar-refractivity contribution in [2.45, 2.75) is 33.4 Å². The minimum atomic E-state index is -0.227. The second-order valence-corrected chi connectivity index (χ2v) is 8.66. The summed E-state index contributed by atoms with van der Waals surface area (Å²) in [6.07, 6.45) is -0.221. The zero-order chi connectivity index (χ0) is 24.6. The molecule has 4 aromatic rings. The summed E-state index contributed by atoms with van der Waals surface area (Å²) in [5, 5.41) is 0. The number of benzene rings is 4. The average Bonchev–Trinajstić information content (AvgIpc) is 2.88. The molecule has 176 valence electrons. The molecule has 0 heterocycles. The van der Waals surface area contributed by atoms with Crippen LogP contribution in [0.15, 0.2) is 109 Å². The second-order valence-electron chi connectivity index (χ2n) is 8.66. The van der Waals surface area contributed by atoms with Gasteiger partial charge in [0.2, 0.25) is 11.8 Å². The summed E-state index contributed by atoms with van der Waals surface area (Å²) in [7, 11) is 0. The van der Waals surface area contributed by atoms with Crippen LogP contribution in [0.4, 0.5) is 11.4 Å². The zero-order valence-corrected chi connectivity index (χ0v) is 20.2. The highest BCUT2D eigenvalue weighted by atomic mass is 16.2. The van der Waals surface area contributed by atoms with E-state index in [2.05, 4.69) is 0 Å². The molecule has 0 unspecified atom stereocenters. The number of carbonyl (C=O) groups is 2. The van der Waals surface area contributed by atoms with Gasteiger partial charge >= 0.3 is 0 Å². The number of hydrogen-bond acceptors (Lipinski definition) is 2. The minimum Gasteiger partial charge on any atom is -0.308 e. The van der Waals surface area contributed by atoms with Crippen LogP contribution in [0, 0.1) is 13.8 Å². The van der Waals surface area contributed by atoms with Gasteiger partial charge in [-0.3, -0.25) is 9.59 Å². The Bertz CT molecular complexity index is 1180. The quantitative estimate of drug-likeness (QED) is 0.282. The Kier molecular flexibility index (Phi) is 7.74. The molecule has 4 heteroatoms. The van der Waals surface area contributed by atoms with E-state index in [0.717, 1.165) is 33.6 Å². The lowest BCUT2D eigenvalue weighted by atomic mass is 10.1. The summed E-state index contributed by atoms with van der Waals surface area (Å²) in [6, 6.07) is 35.1. The molecule has 4 aromatic carbocycles. The molecule has 0 atom stereocenters. The van der Waals surface area contributed by atoms with Gasteiger partial charge in [0.05, 0.1) is 13.1 Å². The summed E-state index contributed by atoms with van der Waals surface area (Å²) in [6.45, 7) is 4.89. The fraction of sp³-hybridized carbons (Fsp3) is 0.161. The van der Waals surface area contributed by atoms with Gasteiger partial charge in [-0.15, -0.1) is 0 Å². The summed E-state index contributed by atoms with van der Waals surface area (Å²) in [4.78, 5) is 30.6. The SMILES string of the molecule is Cc1ccccc1CN(C(=O)CC(=O)N(Cc1ccccc1C)c1ccccc1)c1ccccc1. The van der Waals surface area contributed by atoms with Crippen LogP contribution in [0.3, 0.4) is 0 Å². The Balaban J connectivity index is 1.61. The molecule has 4 nitrogen and oxygen atoms in total. The topological polar surface area (TPSA) is 40.6 Å². The first-order chi connectivity index (χ1) is 17.0. The Labute approximate surface area is 207 Å². The van der Waals surface area contributed by atoms with Crippen molar-refractivity contribution in [2.24, 2.45) is 0 Å². The van der Waals surface area contributed by atoms with Gasteiger partial charge in [-0.25, -0.2) is 0 Å². The van der Waals surface area contributed by atoms with Gasteiger partial charge in [0, 0.05) is 11.4 Å². The second kappa shape index (κ2) is 11.3. The van der Waals surface area contributed by atoms with Gasteiger partial charge in [0.25, 0.3) is 0 Å². The maximum absolute atomic E-state index is 13.6. The van der Waals surface area contributed by atoms with Gasteiger partial charge in [-0.1, -0.05) is 84.9 Å². The monoisotopic (exact) mass is 462 g/mol. The zero-order valence-electron chi connectivity index (χ0n) is 20.2. The number of nitrogens with zero attached hydrogens (tertiary/aromatic N) is 2. The molecule has 0 fully saturated rings. The fourth-order valence-electron chi connectivity index (χ4n) is 4.10. The van der Waals surface area contributed by atoms with E-state index in [1.165, 1.54) is 0 Å². The molecular formula is C31H30N2O2. The van der Waals surface area contributed by atoms with E-state index in [-0.39, 0.29) is 18.2 Å². The van der Waals surface area contributed by atoms with Crippen molar-refractivity contribution < 1.29 is 9.59 Å². The van der Waals surface area contributed by atoms with Crippen molar-refractivity contribution in [3.05, 3.63) is 131 Å². The van der Waals surface area contributed by atoms with Crippen molar-refractivity contribution in [2.75, 3.05) is 9.80 Å². The van der Waals surface area contributed by atoms with Crippen LogP contribution >= 0.6 is 0 Å². The fourth-order valence-corrected chi connectivity index (χ4v) is 4.10. The number of para-hydroxylation sites is 2. The first-order valence-corrected chi connectivity index (χ1v) is 11.8. The van der Waals surface area contributed by atoms with Crippen molar-refractivity contribution in [1.29, 1.82) is 0 Å². The predicted octanol–water partition coefficient (Wildman–Crippen LogP) is 6.46. The highest BCUT2D eigenvalue weighted by Gasteiger charge is 2.24. The summed E-state index contributed by atoms with van der Waals surface area (Å²) < 4.78 is 0. The number of anilines is 2. The highest BCUT2D eigenvalue weighted by molar-refractivity contribution is 6.10. The van der Waals surface area contributed by atoms with E-state index in [1.807, 2.05) is 123 Å². The van der Waals surface area contributed by atoms with Crippen LogP contribution in [-0.2, 0) is 22.7 Å². The lowest BCUT2D eigenvalue weighted by Gasteiger charge is -2.27. The molecule has 2 amide bonds. The molecular weight excluding hydrogens is 432 g/mol. The van der Waals surface area contributed by atoms with E-state index in [1.54, 1.807) is 9.80 Å². The number of aryl methyl sites for hydroxylation is 2. The third-order valence-electron chi connectivity index (χ3n) is 6.22. The molecule has 0 aliphatic rings. The van der Waals surface area contributed by atoms with E-state index in [9.17, 15) is 9.59 Å². The van der Waals surface area contributed by atoms with Gasteiger partial charge in [0.1, 0.15) is 6.42 Å². The van der Waals surface area contributed by atoms with Gasteiger partial charge in [-0.2, -0.15) is 0 Å². The van der Waals surface area contributed by atoms with Crippen molar-refractivity contribution in [3.63, 3.8) is 0 Å². The van der Waals surface area contributed by atoms with Crippen molar-refractivity contribution in [3.8, 4) is 0 Å². The molecule has 0 saturated heterocycles. The van der Waals surface area contributed by atoms with Gasteiger partial charge in [-0.05, 0) is 60.4 Å². The maximum Gasteiger partial charge on any atom is 0.236 e. The number of hydrogen-bond donors (Lipinski definition) is 0. The largest absolute Gasteiger partial charge is 0.308 e. The predicted molar refractivity (Wildman–Crippen MR) is 142 cm³/mol. The highest BCUT2D eigenvalue weighted by Crippen LogP contribution is 2.23. The van der Waals surface area contributed by atoms with Crippen LogP contribution in [0.5, 0.6) is 0 Å². The minimum absolute atomic E-state index is 0.221. The standard InChI is InChI=1S/C31H30N2O2/c1-24-13-9-11-15-26(24)22-32(28-17-5-3-6-18-28)30(34)21-31(35)33(29-19-7-4-8-20-29)23-27-16-12-10-14-25(27)2/h3-20H,21-23H2,1-2H3. The summed E-state index contributed by atoms with van der Waals surface area (Å²) >= 11 is 0. The molecule has 4 rings (SSSR count). The molecule has 0 bridgehead atoms. The third-order valence-corrected chi connectivity index (χ3v) is 6.22. The van der Waals surface area contributed by atoms with Crippen LogP contribution in [0.25, 0.3) is 0 Å².